The molecule has 0 aliphatic carbocycles. The highest BCUT2D eigenvalue weighted by atomic mass is 32.1. The molecule has 2 amide bonds. The van der Waals surface area contributed by atoms with Crippen LogP contribution in [0, 0.1) is 18.3 Å². The van der Waals surface area contributed by atoms with Gasteiger partial charge in [0, 0.05) is 38.0 Å². The van der Waals surface area contributed by atoms with E-state index in [9.17, 15) is 9.59 Å². The number of carbonyl (C=O) groups excluding carboxylic acids is 2. The van der Waals surface area contributed by atoms with Crippen LogP contribution in [0.4, 0.5) is 0 Å². The van der Waals surface area contributed by atoms with Gasteiger partial charge in [-0.25, -0.2) is 0 Å². The Morgan fingerprint density at radius 2 is 2.12 bits per heavy atom. The lowest BCUT2D eigenvalue weighted by atomic mass is 9.73. The molecule has 1 atom stereocenters. The number of rotatable bonds is 4. The monoisotopic (exact) mass is 364 g/mol. The molecule has 1 spiro atoms. The first kappa shape index (κ1) is 18.3. The zero-order valence-corrected chi connectivity index (χ0v) is 16.3. The third kappa shape index (κ3) is 4.02. The molecule has 7 heteroatoms. The molecule has 2 fully saturated rings. The molecule has 138 valence electrons. The molecule has 0 saturated carbocycles. The van der Waals surface area contributed by atoms with Crippen molar-refractivity contribution < 1.29 is 9.59 Å². The Morgan fingerprint density at radius 3 is 2.80 bits per heavy atom. The third-order valence-electron chi connectivity index (χ3n) is 5.52. The van der Waals surface area contributed by atoms with Crippen LogP contribution in [0.5, 0.6) is 0 Å². The van der Waals surface area contributed by atoms with Crippen molar-refractivity contribution in [3.63, 3.8) is 0 Å². The standard InChI is InChI=1S/C18H28N4O2S/c1-13(2)6-10-21-11-18(8-5-15(21)23)7-4-9-22(12-18)17(24)16-14(3)19-20-25-16/h13H,4-12H2,1-3H3/t18-/m1/s1. The lowest BCUT2D eigenvalue weighted by Crippen LogP contribution is -2.55. The Balaban J connectivity index is 1.70. The average molecular weight is 365 g/mol. The second-order valence-corrected chi connectivity index (χ2v) is 8.77. The van der Waals surface area contributed by atoms with Gasteiger partial charge >= 0.3 is 0 Å². The molecule has 0 N–H and O–H groups in total. The molecule has 0 bridgehead atoms. The Morgan fingerprint density at radius 1 is 1.32 bits per heavy atom. The summed E-state index contributed by atoms with van der Waals surface area (Å²) in [5.74, 6) is 0.923. The van der Waals surface area contributed by atoms with E-state index in [4.69, 9.17) is 0 Å². The highest BCUT2D eigenvalue weighted by molar-refractivity contribution is 7.07. The Kier molecular flexibility index (Phi) is 5.41. The van der Waals surface area contributed by atoms with E-state index in [2.05, 4.69) is 23.4 Å². The molecule has 2 aliphatic rings. The van der Waals surface area contributed by atoms with E-state index in [1.807, 2.05) is 16.7 Å². The minimum absolute atomic E-state index is 0.0530. The first-order valence-corrected chi connectivity index (χ1v) is 10.0. The van der Waals surface area contributed by atoms with Crippen LogP contribution in [0.3, 0.4) is 0 Å². The molecule has 25 heavy (non-hydrogen) atoms. The summed E-state index contributed by atoms with van der Waals surface area (Å²) in [5.41, 5.74) is 0.775. The Bertz CT molecular complexity index is 645. The molecule has 2 saturated heterocycles. The Labute approximate surface area is 153 Å². The maximum absolute atomic E-state index is 12.8. The fourth-order valence-electron chi connectivity index (χ4n) is 4.01. The smallest absolute Gasteiger partial charge is 0.267 e. The van der Waals surface area contributed by atoms with Crippen molar-refractivity contribution in [1.82, 2.24) is 19.4 Å². The van der Waals surface area contributed by atoms with Crippen molar-refractivity contribution in [3.05, 3.63) is 10.6 Å². The number of hydrogen-bond donors (Lipinski definition) is 0. The number of amides is 2. The summed E-state index contributed by atoms with van der Waals surface area (Å²) in [7, 11) is 0. The first-order chi connectivity index (χ1) is 11.9. The molecular weight excluding hydrogens is 336 g/mol. The zero-order valence-electron chi connectivity index (χ0n) is 15.5. The molecule has 0 unspecified atom stereocenters. The predicted octanol–water partition coefficient (Wildman–Crippen LogP) is 2.74. The summed E-state index contributed by atoms with van der Waals surface area (Å²) in [4.78, 5) is 29.8. The number of likely N-dealkylation sites (tertiary alicyclic amines) is 2. The number of hydrogen-bond acceptors (Lipinski definition) is 5. The van der Waals surface area contributed by atoms with Crippen LogP contribution in [0.2, 0.25) is 0 Å². The molecule has 3 heterocycles. The van der Waals surface area contributed by atoms with E-state index < -0.39 is 0 Å². The summed E-state index contributed by atoms with van der Waals surface area (Å²) < 4.78 is 3.90. The number of aryl methyl sites for hydroxylation is 1. The van der Waals surface area contributed by atoms with Gasteiger partial charge in [0.25, 0.3) is 5.91 Å². The van der Waals surface area contributed by atoms with Crippen LogP contribution < -0.4 is 0 Å². The Hall–Kier alpha value is -1.50. The van der Waals surface area contributed by atoms with Crippen molar-refractivity contribution in [2.45, 2.75) is 52.9 Å². The van der Waals surface area contributed by atoms with Crippen molar-refractivity contribution in [2.24, 2.45) is 11.3 Å². The molecule has 1 aromatic rings. The van der Waals surface area contributed by atoms with E-state index >= 15 is 0 Å². The van der Waals surface area contributed by atoms with Gasteiger partial charge in [-0.15, -0.1) is 5.10 Å². The molecule has 0 radical (unpaired) electrons. The minimum Gasteiger partial charge on any atom is -0.342 e. The van der Waals surface area contributed by atoms with Gasteiger partial charge in [0.15, 0.2) is 0 Å². The highest BCUT2D eigenvalue weighted by Gasteiger charge is 2.43. The van der Waals surface area contributed by atoms with Crippen LogP contribution in [0.1, 0.15) is 61.3 Å². The van der Waals surface area contributed by atoms with E-state index in [1.54, 1.807) is 0 Å². The molecular formula is C18H28N4O2S. The van der Waals surface area contributed by atoms with Crippen molar-refractivity contribution in [3.8, 4) is 0 Å². The number of carbonyl (C=O) groups is 2. The van der Waals surface area contributed by atoms with Crippen LogP contribution in [0.15, 0.2) is 0 Å². The number of piperidine rings is 2. The summed E-state index contributed by atoms with van der Waals surface area (Å²) in [6.07, 6.45) is 4.65. The van der Waals surface area contributed by atoms with Gasteiger partial charge in [-0.2, -0.15) is 0 Å². The van der Waals surface area contributed by atoms with Gasteiger partial charge in [0.1, 0.15) is 4.88 Å². The minimum atomic E-state index is 0.0530. The van der Waals surface area contributed by atoms with Gasteiger partial charge in [0.05, 0.1) is 5.69 Å². The first-order valence-electron chi connectivity index (χ1n) is 9.26. The molecule has 3 rings (SSSR count). The lowest BCUT2D eigenvalue weighted by molar-refractivity contribution is -0.139. The topological polar surface area (TPSA) is 66.4 Å². The van der Waals surface area contributed by atoms with Crippen molar-refractivity contribution >= 4 is 23.3 Å². The van der Waals surface area contributed by atoms with Crippen LogP contribution in [-0.2, 0) is 4.79 Å². The predicted molar refractivity (Wildman–Crippen MR) is 97.5 cm³/mol. The van der Waals surface area contributed by atoms with Crippen molar-refractivity contribution in [2.75, 3.05) is 26.2 Å². The van der Waals surface area contributed by atoms with Crippen LogP contribution in [0.25, 0.3) is 0 Å². The number of aromatic nitrogens is 2. The van der Waals surface area contributed by atoms with Gasteiger partial charge < -0.3 is 9.80 Å². The summed E-state index contributed by atoms with van der Waals surface area (Å²) >= 11 is 1.18. The molecule has 2 aliphatic heterocycles. The van der Waals surface area contributed by atoms with Crippen LogP contribution >= 0.6 is 11.5 Å². The molecule has 0 aromatic carbocycles. The normalized spacial score (nSPS) is 24.4. The lowest BCUT2D eigenvalue weighted by Gasteiger charge is -2.48. The van der Waals surface area contributed by atoms with E-state index in [1.165, 1.54) is 11.5 Å². The van der Waals surface area contributed by atoms with Gasteiger partial charge in [-0.05, 0) is 50.1 Å². The summed E-state index contributed by atoms with van der Waals surface area (Å²) in [6.45, 7) is 9.38. The van der Waals surface area contributed by atoms with Gasteiger partial charge in [0.2, 0.25) is 5.91 Å². The van der Waals surface area contributed by atoms with E-state index in [-0.39, 0.29) is 17.2 Å². The SMILES string of the molecule is Cc1nnsc1C(=O)N1CCC[C@]2(CCC(=O)N(CCC(C)C)C2)C1. The van der Waals surface area contributed by atoms with Gasteiger partial charge in [-0.3, -0.25) is 9.59 Å². The fourth-order valence-corrected chi connectivity index (χ4v) is 4.63. The highest BCUT2D eigenvalue weighted by Crippen LogP contribution is 2.39. The second kappa shape index (κ2) is 7.40. The average Bonchev–Trinajstić information content (AvgIpc) is 3.01. The second-order valence-electron chi connectivity index (χ2n) is 8.02. The summed E-state index contributed by atoms with van der Waals surface area (Å²) in [5, 5.41) is 3.97. The maximum atomic E-state index is 12.8. The van der Waals surface area contributed by atoms with E-state index in [0.29, 0.717) is 22.9 Å². The zero-order chi connectivity index (χ0) is 18.0. The van der Waals surface area contributed by atoms with Crippen LogP contribution in [-0.4, -0.2) is 57.4 Å². The molecule has 1 aromatic heterocycles. The quantitative estimate of drug-likeness (QED) is 0.824. The maximum Gasteiger partial charge on any atom is 0.267 e. The number of nitrogens with zero attached hydrogens (tertiary/aromatic N) is 4. The fraction of sp³-hybridized carbons (Fsp3) is 0.778. The largest absolute Gasteiger partial charge is 0.342 e. The third-order valence-corrected chi connectivity index (χ3v) is 6.33. The summed E-state index contributed by atoms with van der Waals surface area (Å²) in [6, 6.07) is 0. The van der Waals surface area contributed by atoms with E-state index in [0.717, 1.165) is 51.9 Å². The van der Waals surface area contributed by atoms with Gasteiger partial charge in [-0.1, -0.05) is 18.3 Å². The molecule has 6 nitrogen and oxygen atoms in total. The van der Waals surface area contributed by atoms with Crippen molar-refractivity contribution in [1.29, 1.82) is 0 Å².